The van der Waals surface area contributed by atoms with Crippen LogP contribution in [0.15, 0.2) is 41.3 Å². The predicted octanol–water partition coefficient (Wildman–Crippen LogP) is 6.97. The quantitative estimate of drug-likeness (QED) is 0.281. The van der Waals surface area contributed by atoms with Crippen LogP contribution in [0, 0.1) is 0 Å². The van der Waals surface area contributed by atoms with Crippen molar-refractivity contribution in [2.75, 3.05) is 11.9 Å². The highest BCUT2D eigenvalue weighted by molar-refractivity contribution is 8.01. The molecule has 0 radical (unpaired) electrons. The fourth-order valence-electron chi connectivity index (χ4n) is 4.25. The first-order valence-corrected chi connectivity index (χ1v) is 12.4. The van der Waals surface area contributed by atoms with E-state index < -0.39 is 46.6 Å². The van der Waals surface area contributed by atoms with Gasteiger partial charge in [-0.15, -0.1) is 24.9 Å². The first-order valence-electron chi connectivity index (χ1n) is 11.6. The van der Waals surface area contributed by atoms with Crippen molar-refractivity contribution in [3.05, 3.63) is 53.1 Å². The maximum absolute atomic E-state index is 14.0. The maximum Gasteiger partial charge on any atom is 0.573 e. The monoisotopic (exact) mass is 564 g/mol. The summed E-state index contributed by atoms with van der Waals surface area (Å²) < 4.78 is 81.6. The van der Waals surface area contributed by atoms with Gasteiger partial charge in [0.05, 0.1) is 5.56 Å². The molecule has 1 unspecified atom stereocenters. The summed E-state index contributed by atoms with van der Waals surface area (Å²) in [6, 6.07) is 5.89. The van der Waals surface area contributed by atoms with Crippen LogP contribution in [0.25, 0.3) is 0 Å². The van der Waals surface area contributed by atoms with Crippen molar-refractivity contribution in [3.8, 4) is 5.75 Å². The van der Waals surface area contributed by atoms with Gasteiger partial charge in [-0.2, -0.15) is 13.2 Å². The number of carbonyl (C=O) groups excluding carboxylic acids is 1. The molecule has 2 aromatic rings. The molecule has 1 aliphatic carbocycles. The molecular formula is C25H26F6N2O4S. The van der Waals surface area contributed by atoms with Gasteiger partial charge in [0.1, 0.15) is 10.5 Å². The molecule has 208 valence electrons. The zero-order chi connectivity index (χ0) is 28.5. The van der Waals surface area contributed by atoms with Crippen molar-refractivity contribution in [1.82, 2.24) is 4.90 Å². The smallest absolute Gasteiger partial charge is 0.480 e. The van der Waals surface area contributed by atoms with Gasteiger partial charge >= 0.3 is 24.5 Å². The molecule has 0 heterocycles. The standard InChI is InChI=1S/C25H26F6N2O4S/c1-4-33(22(36)32-15-6-9-17(10-7-15)37-25(29,30)31)16-8-5-14-11-18(38-23(2,3)21(34)35)13-20(19(14)12-16)24(26,27)28/h6-7,9-11,13,16H,4-5,8,12H2,1-3H3,(H,32,36)(H,34,35). The number of rotatable bonds is 7. The fraction of sp³-hybridized carbons (Fsp3) is 0.440. The van der Waals surface area contributed by atoms with Crippen LogP contribution in [-0.4, -0.2) is 45.7 Å². The molecule has 2 aromatic carbocycles. The SMILES string of the molecule is CCN(C(=O)Nc1ccc(OC(F)(F)F)cc1)C1CCc2cc(SC(C)(C)C(=O)O)cc(C(F)(F)F)c2C1. The Balaban J connectivity index is 1.81. The second-order valence-electron chi connectivity index (χ2n) is 9.21. The highest BCUT2D eigenvalue weighted by Crippen LogP contribution is 2.42. The minimum absolute atomic E-state index is 0.0585. The second kappa shape index (κ2) is 11.0. The third-order valence-corrected chi connectivity index (χ3v) is 7.23. The lowest BCUT2D eigenvalue weighted by Crippen LogP contribution is -2.45. The van der Waals surface area contributed by atoms with Gasteiger partial charge in [0.25, 0.3) is 0 Å². The van der Waals surface area contributed by atoms with Gasteiger partial charge in [-0.3, -0.25) is 4.79 Å². The number of aryl methyl sites for hydroxylation is 1. The van der Waals surface area contributed by atoms with Gasteiger partial charge in [-0.25, -0.2) is 4.79 Å². The topological polar surface area (TPSA) is 78.9 Å². The van der Waals surface area contributed by atoms with Crippen LogP contribution in [0.3, 0.4) is 0 Å². The van der Waals surface area contributed by atoms with Gasteiger partial charge in [-0.1, -0.05) is 0 Å². The number of hydrogen-bond acceptors (Lipinski definition) is 4. The average molecular weight is 565 g/mol. The molecule has 0 saturated heterocycles. The average Bonchev–Trinajstić information content (AvgIpc) is 2.78. The van der Waals surface area contributed by atoms with Gasteiger partial charge < -0.3 is 20.1 Å². The summed E-state index contributed by atoms with van der Waals surface area (Å²) in [6.07, 6.45) is -8.98. The Hall–Kier alpha value is -3.09. The largest absolute Gasteiger partial charge is 0.573 e. The van der Waals surface area contributed by atoms with E-state index >= 15 is 0 Å². The molecule has 3 rings (SSSR count). The van der Waals surface area contributed by atoms with E-state index in [1.54, 1.807) is 13.0 Å². The molecule has 0 aliphatic heterocycles. The van der Waals surface area contributed by atoms with Crippen molar-refractivity contribution >= 4 is 29.4 Å². The normalized spacial score (nSPS) is 16.0. The Kier molecular flexibility index (Phi) is 8.49. The molecule has 0 bridgehead atoms. The Bertz CT molecular complexity index is 1180. The van der Waals surface area contributed by atoms with Crippen molar-refractivity contribution in [2.45, 2.75) is 68.3 Å². The molecule has 0 aromatic heterocycles. The van der Waals surface area contributed by atoms with Crippen LogP contribution in [0.4, 0.5) is 36.8 Å². The first kappa shape index (κ1) is 29.5. The highest BCUT2D eigenvalue weighted by Gasteiger charge is 2.39. The number of nitrogens with zero attached hydrogens (tertiary/aromatic N) is 1. The number of carbonyl (C=O) groups is 2. The summed E-state index contributed by atoms with van der Waals surface area (Å²) in [7, 11) is 0. The second-order valence-corrected chi connectivity index (χ2v) is 10.9. The van der Waals surface area contributed by atoms with Gasteiger partial charge in [0, 0.05) is 23.2 Å². The summed E-state index contributed by atoms with van der Waals surface area (Å²) in [5.41, 5.74) is -0.152. The number of carboxylic acid groups (broad SMARTS) is 1. The Morgan fingerprint density at radius 3 is 2.26 bits per heavy atom. The molecule has 0 spiro atoms. The summed E-state index contributed by atoms with van der Waals surface area (Å²) in [5, 5.41) is 11.9. The van der Waals surface area contributed by atoms with E-state index in [0.29, 0.717) is 12.0 Å². The van der Waals surface area contributed by atoms with E-state index in [-0.39, 0.29) is 35.5 Å². The molecule has 38 heavy (non-hydrogen) atoms. The highest BCUT2D eigenvalue weighted by atomic mass is 32.2. The zero-order valence-electron chi connectivity index (χ0n) is 20.7. The lowest BCUT2D eigenvalue weighted by molar-refractivity contribution is -0.274. The number of aliphatic carboxylic acids is 1. The molecule has 1 atom stereocenters. The third kappa shape index (κ3) is 7.27. The van der Waals surface area contributed by atoms with Crippen LogP contribution in [0.5, 0.6) is 5.75 Å². The molecule has 2 amide bonds. The Morgan fingerprint density at radius 1 is 1.11 bits per heavy atom. The molecule has 0 fully saturated rings. The lowest BCUT2D eigenvalue weighted by Gasteiger charge is -2.36. The van der Waals surface area contributed by atoms with E-state index in [4.69, 9.17) is 0 Å². The number of likely N-dealkylation sites (N-methyl/N-ethyl adjacent to an activating group) is 1. The van der Waals surface area contributed by atoms with Gasteiger partial charge in [0.2, 0.25) is 0 Å². The molecule has 2 N–H and O–H groups in total. The lowest BCUT2D eigenvalue weighted by atomic mass is 9.84. The summed E-state index contributed by atoms with van der Waals surface area (Å²) in [4.78, 5) is 26.0. The summed E-state index contributed by atoms with van der Waals surface area (Å²) >= 11 is 0.833. The fourth-order valence-corrected chi connectivity index (χ4v) is 5.30. The molecule has 13 heteroatoms. The van der Waals surface area contributed by atoms with Crippen molar-refractivity contribution in [1.29, 1.82) is 0 Å². The van der Waals surface area contributed by atoms with E-state index in [0.717, 1.165) is 30.0 Å². The van der Waals surface area contributed by atoms with Crippen LogP contribution in [-0.2, 0) is 23.8 Å². The van der Waals surface area contributed by atoms with E-state index in [9.17, 15) is 41.0 Å². The number of benzene rings is 2. The van der Waals surface area contributed by atoms with Crippen molar-refractivity contribution < 1.29 is 45.8 Å². The third-order valence-electron chi connectivity index (χ3n) is 6.08. The number of ether oxygens (including phenoxy) is 1. The van der Waals surface area contributed by atoms with Crippen LogP contribution in [0.2, 0.25) is 0 Å². The van der Waals surface area contributed by atoms with Gasteiger partial charge in [0.15, 0.2) is 0 Å². The molecule has 1 aliphatic rings. The molecule has 6 nitrogen and oxygen atoms in total. The number of fused-ring (bicyclic) bond motifs is 1. The van der Waals surface area contributed by atoms with E-state index in [2.05, 4.69) is 10.1 Å². The summed E-state index contributed by atoms with van der Waals surface area (Å²) in [6.45, 7) is 4.69. The predicted molar refractivity (Wildman–Crippen MR) is 129 cm³/mol. The maximum atomic E-state index is 14.0. The number of anilines is 1. The van der Waals surface area contributed by atoms with Gasteiger partial charge in [-0.05, 0) is 87.6 Å². The number of amides is 2. The Morgan fingerprint density at radius 2 is 1.74 bits per heavy atom. The zero-order valence-corrected chi connectivity index (χ0v) is 21.5. The number of thioether (sulfide) groups is 1. The number of alkyl halides is 6. The van der Waals surface area contributed by atoms with Crippen molar-refractivity contribution in [3.63, 3.8) is 0 Å². The number of carboxylic acids is 1. The van der Waals surface area contributed by atoms with Crippen LogP contribution in [0.1, 0.15) is 43.9 Å². The number of urea groups is 1. The van der Waals surface area contributed by atoms with Crippen LogP contribution >= 0.6 is 11.8 Å². The number of halogens is 6. The first-order chi connectivity index (χ1) is 17.5. The molecular weight excluding hydrogens is 538 g/mol. The number of hydrogen-bond donors (Lipinski definition) is 2. The van der Waals surface area contributed by atoms with Crippen LogP contribution < -0.4 is 10.1 Å². The van der Waals surface area contributed by atoms with E-state index in [1.807, 2.05) is 0 Å². The van der Waals surface area contributed by atoms with Crippen molar-refractivity contribution in [2.24, 2.45) is 0 Å². The number of nitrogens with one attached hydrogen (secondary N) is 1. The summed E-state index contributed by atoms with van der Waals surface area (Å²) in [5.74, 6) is -1.61. The Labute approximate surface area is 219 Å². The minimum Gasteiger partial charge on any atom is -0.480 e. The minimum atomic E-state index is -4.86. The van der Waals surface area contributed by atoms with E-state index in [1.165, 1.54) is 30.9 Å². The molecule has 0 saturated carbocycles.